The third-order valence-electron chi connectivity index (χ3n) is 6.36. The van der Waals surface area contributed by atoms with Crippen molar-refractivity contribution in [2.45, 2.75) is 48.1 Å². The van der Waals surface area contributed by atoms with Crippen molar-refractivity contribution in [3.63, 3.8) is 0 Å². The van der Waals surface area contributed by atoms with Crippen LogP contribution in [0.4, 0.5) is 0 Å². The van der Waals surface area contributed by atoms with Gasteiger partial charge in [0.1, 0.15) is 0 Å². The van der Waals surface area contributed by atoms with E-state index in [4.69, 9.17) is 0 Å². The van der Waals surface area contributed by atoms with Crippen LogP contribution >= 0.6 is 0 Å². The van der Waals surface area contributed by atoms with Gasteiger partial charge in [0.05, 0.1) is 0 Å². The summed E-state index contributed by atoms with van der Waals surface area (Å²) in [5, 5.41) is 0. The fourth-order valence-corrected chi connectivity index (χ4v) is 35.3. The van der Waals surface area contributed by atoms with E-state index < -0.39 is 26.6 Å². The number of fused-ring (bicyclic) bond motifs is 2. The van der Waals surface area contributed by atoms with E-state index in [1.54, 1.807) is 11.1 Å². The molecule has 2 aliphatic carbocycles. The quantitative estimate of drug-likeness (QED) is 0.451. The molecule has 0 N–H and O–H groups in total. The number of hydrogen-bond donors (Lipinski definition) is 0. The van der Waals surface area contributed by atoms with Gasteiger partial charge in [-0.1, -0.05) is 0 Å². The summed E-state index contributed by atoms with van der Waals surface area (Å²) in [6, 6.07) is 9.31. The number of aryl methyl sites for hydroxylation is 4. The van der Waals surface area contributed by atoms with Gasteiger partial charge in [0, 0.05) is 0 Å². The Morgan fingerprint density at radius 2 is 1.00 bits per heavy atom. The Balaban J connectivity index is 0.00000140. The number of benzene rings is 2. The maximum absolute atomic E-state index is 2.63. The molecule has 0 heterocycles. The molecule has 147 valence electrons. The van der Waals surface area contributed by atoms with Crippen LogP contribution in [0.2, 0.25) is 13.1 Å². The minimum absolute atomic E-state index is 0. The molecule has 0 aromatic heterocycles. The van der Waals surface area contributed by atoms with Crippen LogP contribution in [-0.4, -0.2) is 5.98 Å². The molecular formula is C24H29Cl2HfSi. The molecule has 0 amide bonds. The molecule has 0 radical (unpaired) electrons. The second kappa shape index (κ2) is 9.16. The average molecular weight is 595 g/mol. The van der Waals surface area contributed by atoms with E-state index >= 15 is 0 Å². The zero-order valence-corrected chi connectivity index (χ0v) is 23.9. The van der Waals surface area contributed by atoms with Gasteiger partial charge in [0.15, 0.2) is 0 Å². The zero-order chi connectivity index (χ0) is 18.6. The minimum atomic E-state index is -1.95. The van der Waals surface area contributed by atoms with Gasteiger partial charge in [0.2, 0.25) is 0 Å². The van der Waals surface area contributed by atoms with Crippen molar-refractivity contribution in [2.24, 2.45) is 0 Å². The smallest absolute Gasteiger partial charge is 1.00 e. The standard InChI is InChI=1S/2C11H11.C2H7Si.2ClH.Hf/c2*1-8-6-7-9(2)11-5-3-4-10(8)11;1-3-2;;;/h2*3-7H,1-2H3;3H,1-2H3;2*1H;/q;;;;;+2/p-2. The molecule has 28 heavy (non-hydrogen) atoms. The van der Waals surface area contributed by atoms with Crippen LogP contribution in [0.25, 0.3) is 12.2 Å². The van der Waals surface area contributed by atoms with Crippen LogP contribution in [0.5, 0.6) is 0 Å². The molecule has 0 saturated carbocycles. The van der Waals surface area contributed by atoms with Crippen molar-refractivity contribution >= 4 is 18.1 Å². The van der Waals surface area contributed by atoms with E-state index in [1.165, 1.54) is 33.4 Å². The van der Waals surface area contributed by atoms with E-state index in [-0.39, 0.29) is 24.8 Å². The van der Waals surface area contributed by atoms with E-state index in [9.17, 15) is 0 Å². The summed E-state index contributed by atoms with van der Waals surface area (Å²) in [6.45, 7) is 14.5. The summed E-state index contributed by atoms with van der Waals surface area (Å²) in [6.07, 6.45) is 10.1. The first-order valence-electron chi connectivity index (χ1n) is 9.83. The van der Waals surface area contributed by atoms with Gasteiger partial charge >= 0.3 is 168 Å². The fraction of sp³-hybridized carbons (Fsp3) is 0.333. The molecule has 2 atom stereocenters. The molecule has 0 fully saturated rings. The number of hydrogen-bond acceptors (Lipinski definition) is 0. The largest absolute Gasteiger partial charge is 1.00 e. The summed E-state index contributed by atoms with van der Waals surface area (Å²) in [5.74, 6) is -0.672. The number of rotatable bonds is 3. The summed E-state index contributed by atoms with van der Waals surface area (Å²) >= 11 is -1.95. The van der Waals surface area contributed by atoms with Gasteiger partial charge in [-0.3, -0.25) is 0 Å². The first-order chi connectivity index (χ1) is 12.4. The molecule has 2 aromatic carbocycles. The summed E-state index contributed by atoms with van der Waals surface area (Å²) in [7, 11) is 0. The summed E-state index contributed by atoms with van der Waals surface area (Å²) in [4.78, 5) is 0. The Morgan fingerprint density at radius 3 is 1.36 bits per heavy atom. The Labute approximate surface area is 191 Å². The van der Waals surface area contributed by atoms with Crippen molar-refractivity contribution in [1.82, 2.24) is 0 Å². The zero-order valence-electron chi connectivity index (χ0n) is 17.6. The topological polar surface area (TPSA) is 0 Å². The van der Waals surface area contributed by atoms with Crippen molar-refractivity contribution in [1.29, 1.82) is 0 Å². The normalized spacial score (nSPS) is 18.5. The van der Waals surface area contributed by atoms with Crippen LogP contribution in [-0.2, 0) is 20.6 Å². The van der Waals surface area contributed by atoms with Gasteiger partial charge in [0.25, 0.3) is 0 Å². The molecule has 2 unspecified atom stereocenters. The Kier molecular flexibility index (Phi) is 7.81. The van der Waals surface area contributed by atoms with Gasteiger partial charge in [-0.15, -0.1) is 0 Å². The summed E-state index contributed by atoms with van der Waals surface area (Å²) < 4.78 is 1.56. The second-order valence-electron chi connectivity index (χ2n) is 8.38. The van der Waals surface area contributed by atoms with Crippen molar-refractivity contribution in [3.8, 4) is 0 Å². The second-order valence-corrected chi connectivity index (χ2v) is 36.7. The molecule has 0 aliphatic heterocycles. The van der Waals surface area contributed by atoms with Crippen molar-refractivity contribution in [2.75, 3.05) is 0 Å². The van der Waals surface area contributed by atoms with Gasteiger partial charge in [-0.25, -0.2) is 0 Å². The molecule has 0 bridgehead atoms. The summed E-state index contributed by atoms with van der Waals surface area (Å²) in [5.41, 5.74) is 12.4. The third kappa shape index (κ3) is 3.83. The molecule has 0 saturated heterocycles. The van der Waals surface area contributed by atoms with E-state index in [2.05, 4.69) is 89.4 Å². The van der Waals surface area contributed by atoms with Crippen LogP contribution < -0.4 is 24.8 Å². The minimum Gasteiger partial charge on any atom is -1.00 e. The SMILES string of the molecule is Cc1ccc(C)c2c1C=C[CH]2[Hf+2]([CH]1C=Cc2c(C)ccc(C)c21)[SiH](C)C.[Cl-].[Cl-]. The molecule has 4 heteroatoms. The molecular weight excluding hydrogens is 566 g/mol. The predicted molar refractivity (Wildman–Crippen MR) is 114 cm³/mol. The first-order valence-corrected chi connectivity index (χ1v) is 23.1. The molecule has 2 aromatic rings. The van der Waals surface area contributed by atoms with Gasteiger partial charge in [-0.2, -0.15) is 0 Å². The molecule has 4 rings (SSSR count). The molecule has 0 nitrogen and oxygen atoms in total. The maximum Gasteiger partial charge on any atom is -1.00 e. The number of allylic oxidation sites excluding steroid dienone is 2. The Hall–Kier alpha value is -0.413. The van der Waals surface area contributed by atoms with Crippen molar-refractivity contribution in [3.05, 3.63) is 80.9 Å². The average Bonchev–Trinajstić information content (AvgIpc) is 3.22. The van der Waals surface area contributed by atoms with Crippen LogP contribution in [0.3, 0.4) is 0 Å². The maximum atomic E-state index is 2.63. The van der Waals surface area contributed by atoms with E-state index in [0.29, 0.717) is 0 Å². The van der Waals surface area contributed by atoms with E-state index in [0.717, 1.165) is 7.35 Å². The fourth-order valence-electron chi connectivity index (χ4n) is 5.02. The van der Waals surface area contributed by atoms with Crippen LogP contribution in [0.1, 0.15) is 51.9 Å². The van der Waals surface area contributed by atoms with Crippen LogP contribution in [0, 0.1) is 27.7 Å². The van der Waals surface area contributed by atoms with Crippen molar-refractivity contribution < 1.29 is 45.4 Å². The Morgan fingerprint density at radius 1 is 0.643 bits per heavy atom. The molecule has 2 aliphatic rings. The van der Waals surface area contributed by atoms with Gasteiger partial charge in [-0.05, 0) is 0 Å². The molecule has 0 spiro atoms. The van der Waals surface area contributed by atoms with E-state index in [1.807, 2.05) is 0 Å². The van der Waals surface area contributed by atoms with Gasteiger partial charge < -0.3 is 24.8 Å². The number of halogens is 2. The predicted octanol–water partition coefficient (Wildman–Crippen LogP) is 0.366. The Bertz CT molecular complexity index is 873. The first kappa shape index (κ1) is 23.9. The third-order valence-corrected chi connectivity index (χ3v) is 36.6. The van der Waals surface area contributed by atoms with Crippen LogP contribution in [0.15, 0.2) is 36.4 Å². The monoisotopic (exact) mass is 595 g/mol.